The van der Waals surface area contributed by atoms with E-state index in [1.807, 2.05) is 0 Å². The van der Waals surface area contributed by atoms with Crippen LogP contribution in [0.25, 0.3) is 0 Å². The summed E-state index contributed by atoms with van der Waals surface area (Å²) in [6, 6.07) is 9.64. The van der Waals surface area contributed by atoms with Gasteiger partial charge in [-0.25, -0.2) is 13.6 Å². The van der Waals surface area contributed by atoms with Gasteiger partial charge in [-0.15, -0.1) is 0 Å². The first-order valence-corrected chi connectivity index (χ1v) is 7.97. The Kier molecular flexibility index (Phi) is 6.66. The van der Waals surface area contributed by atoms with E-state index >= 15 is 0 Å². The summed E-state index contributed by atoms with van der Waals surface area (Å²) in [5.74, 6) is -2.30. The number of benzene rings is 2. The highest BCUT2D eigenvalue weighted by molar-refractivity contribution is 5.92. The quantitative estimate of drug-likeness (QED) is 0.769. The van der Waals surface area contributed by atoms with E-state index in [0.29, 0.717) is 13.0 Å². The predicted molar refractivity (Wildman–Crippen MR) is 90.9 cm³/mol. The second kappa shape index (κ2) is 8.94. The highest BCUT2D eigenvalue weighted by Crippen LogP contribution is 2.17. The van der Waals surface area contributed by atoms with Crippen molar-refractivity contribution in [3.63, 3.8) is 0 Å². The SMILES string of the molecule is COc1ccc(C(=O)O[C@@H](C)C(=O)NCCc2ccc(F)cc2)c(F)c1. The van der Waals surface area contributed by atoms with Crippen molar-refractivity contribution in [1.29, 1.82) is 0 Å². The number of hydrogen-bond donors (Lipinski definition) is 1. The van der Waals surface area contributed by atoms with Crippen LogP contribution in [0.4, 0.5) is 8.78 Å². The monoisotopic (exact) mass is 363 g/mol. The van der Waals surface area contributed by atoms with Crippen molar-refractivity contribution in [2.75, 3.05) is 13.7 Å². The van der Waals surface area contributed by atoms with Crippen molar-refractivity contribution >= 4 is 11.9 Å². The molecule has 0 aliphatic carbocycles. The zero-order chi connectivity index (χ0) is 19.1. The average molecular weight is 363 g/mol. The summed E-state index contributed by atoms with van der Waals surface area (Å²) in [4.78, 5) is 24.0. The Labute approximate surface area is 149 Å². The predicted octanol–water partition coefficient (Wildman–Crippen LogP) is 2.88. The summed E-state index contributed by atoms with van der Waals surface area (Å²) < 4.78 is 36.5. The van der Waals surface area contributed by atoms with Crippen LogP contribution in [0.2, 0.25) is 0 Å². The molecule has 138 valence electrons. The van der Waals surface area contributed by atoms with E-state index in [1.165, 1.54) is 38.3 Å². The molecule has 26 heavy (non-hydrogen) atoms. The largest absolute Gasteiger partial charge is 0.497 e. The topological polar surface area (TPSA) is 64.6 Å². The highest BCUT2D eigenvalue weighted by Gasteiger charge is 2.21. The molecule has 0 saturated carbocycles. The number of methoxy groups -OCH3 is 1. The molecule has 2 aromatic rings. The second-order valence-electron chi connectivity index (χ2n) is 5.56. The van der Waals surface area contributed by atoms with Gasteiger partial charge < -0.3 is 14.8 Å². The third-order valence-electron chi connectivity index (χ3n) is 3.68. The molecular weight excluding hydrogens is 344 g/mol. The number of ether oxygens (including phenoxy) is 2. The Morgan fingerprint density at radius 3 is 2.42 bits per heavy atom. The van der Waals surface area contributed by atoms with Gasteiger partial charge in [-0.3, -0.25) is 4.79 Å². The summed E-state index contributed by atoms with van der Waals surface area (Å²) in [7, 11) is 1.38. The highest BCUT2D eigenvalue weighted by atomic mass is 19.1. The van der Waals surface area contributed by atoms with E-state index < -0.39 is 23.8 Å². The first-order valence-electron chi connectivity index (χ1n) is 7.97. The van der Waals surface area contributed by atoms with Crippen LogP contribution in [0.3, 0.4) is 0 Å². The van der Waals surface area contributed by atoms with Crippen molar-refractivity contribution in [3.8, 4) is 5.75 Å². The van der Waals surface area contributed by atoms with Gasteiger partial charge in [0.25, 0.3) is 5.91 Å². The van der Waals surface area contributed by atoms with E-state index in [1.54, 1.807) is 12.1 Å². The first kappa shape index (κ1) is 19.4. The van der Waals surface area contributed by atoms with Crippen molar-refractivity contribution in [1.82, 2.24) is 5.32 Å². The van der Waals surface area contributed by atoms with Crippen molar-refractivity contribution in [2.45, 2.75) is 19.4 Å². The fourth-order valence-electron chi connectivity index (χ4n) is 2.19. The lowest BCUT2D eigenvalue weighted by atomic mass is 10.1. The first-order chi connectivity index (χ1) is 12.4. The van der Waals surface area contributed by atoms with E-state index in [4.69, 9.17) is 9.47 Å². The van der Waals surface area contributed by atoms with Gasteiger partial charge in [0.1, 0.15) is 17.4 Å². The number of carbonyl (C=O) groups excluding carboxylic acids is 2. The van der Waals surface area contributed by atoms with E-state index in [0.717, 1.165) is 11.6 Å². The molecule has 0 aliphatic heterocycles. The summed E-state index contributed by atoms with van der Waals surface area (Å²) in [5, 5.41) is 2.61. The number of amides is 1. The fourth-order valence-corrected chi connectivity index (χ4v) is 2.19. The molecule has 0 aromatic heterocycles. The molecule has 0 unspecified atom stereocenters. The zero-order valence-corrected chi connectivity index (χ0v) is 14.4. The Bertz CT molecular complexity index is 778. The summed E-state index contributed by atoms with van der Waals surface area (Å²) in [6.45, 7) is 1.69. The summed E-state index contributed by atoms with van der Waals surface area (Å²) >= 11 is 0. The number of esters is 1. The molecule has 0 heterocycles. The lowest BCUT2D eigenvalue weighted by molar-refractivity contribution is -0.129. The molecule has 0 aliphatic rings. The number of carbonyl (C=O) groups is 2. The van der Waals surface area contributed by atoms with Crippen molar-refractivity contribution < 1.29 is 27.8 Å². The smallest absolute Gasteiger partial charge is 0.341 e. The average Bonchev–Trinajstić information content (AvgIpc) is 2.62. The van der Waals surface area contributed by atoms with Crippen LogP contribution in [0.15, 0.2) is 42.5 Å². The van der Waals surface area contributed by atoms with E-state index in [-0.39, 0.29) is 17.1 Å². The molecule has 1 amide bonds. The Morgan fingerprint density at radius 2 is 1.81 bits per heavy atom. The summed E-state index contributed by atoms with van der Waals surface area (Å²) in [5.41, 5.74) is 0.577. The van der Waals surface area contributed by atoms with Crippen LogP contribution in [-0.2, 0) is 16.0 Å². The molecule has 0 bridgehead atoms. The molecule has 2 rings (SSSR count). The van der Waals surface area contributed by atoms with Crippen LogP contribution in [0.1, 0.15) is 22.8 Å². The van der Waals surface area contributed by atoms with E-state index in [9.17, 15) is 18.4 Å². The molecular formula is C19H19F2NO4. The number of rotatable bonds is 7. The van der Waals surface area contributed by atoms with Gasteiger partial charge in [-0.1, -0.05) is 12.1 Å². The Morgan fingerprint density at radius 1 is 1.12 bits per heavy atom. The molecule has 1 N–H and O–H groups in total. The van der Waals surface area contributed by atoms with Crippen molar-refractivity contribution in [3.05, 3.63) is 65.2 Å². The van der Waals surface area contributed by atoms with Crippen LogP contribution in [0, 0.1) is 11.6 Å². The van der Waals surface area contributed by atoms with Crippen LogP contribution in [0.5, 0.6) is 5.75 Å². The lowest BCUT2D eigenvalue weighted by Crippen LogP contribution is -2.37. The van der Waals surface area contributed by atoms with Gasteiger partial charge in [0.15, 0.2) is 6.10 Å². The van der Waals surface area contributed by atoms with Gasteiger partial charge in [-0.05, 0) is 43.2 Å². The van der Waals surface area contributed by atoms with E-state index in [2.05, 4.69) is 5.32 Å². The molecule has 7 heteroatoms. The number of halogens is 2. The molecule has 0 saturated heterocycles. The standard InChI is InChI=1S/C19H19F2NO4/c1-12(18(23)22-10-9-13-3-5-14(20)6-4-13)26-19(24)16-8-7-15(25-2)11-17(16)21/h3-8,11-12H,9-10H2,1-2H3,(H,22,23)/t12-/m0/s1. The van der Waals surface area contributed by atoms with Gasteiger partial charge in [0.2, 0.25) is 0 Å². The van der Waals surface area contributed by atoms with Gasteiger partial charge >= 0.3 is 5.97 Å². The zero-order valence-electron chi connectivity index (χ0n) is 14.4. The van der Waals surface area contributed by atoms with Crippen LogP contribution < -0.4 is 10.1 Å². The number of nitrogens with one attached hydrogen (secondary N) is 1. The van der Waals surface area contributed by atoms with Gasteiger partial charge in [0.05, 0.1) is 12.7 Å². The second-order valence-corrected chi connectivity index (χ2v) is 5.56. The molecule has 2 aromatic carbocycles. The fraction of sp³-hybridized carbons (Fsp3) is 0.263. The molecule has 0 spiro atoms. The Balaban J connectivity index is 1.84. The van der Waals surface area contributed by atoms with Crippen molar-refractivity contribution in [2.24, 2.45) is 0 Å². The third-order valence-corrected chi connectivity index (χ3v) is 3.68. The maximum Gasteiger partial charge on any atom is 0.341 e. The minimum atomic E-state index is -1.09. The molecule has 1 atom stereocenters. The molecule has 0 fully saturated rings. The third kappa shape index (κ3) is 5.27. The van der Waals surface area contributed by atoms with Gasteiger partial charge in [-0.2, -0.15) is 0 Å². The maximum absolute atomic E-state index is 13.8. The minimum Gasteiger partial charge on any atom is -0.497 e. The lowest BCUT2D eigenvalue weighted by Gasteiger charge is -2.14. The maximum atomic E-state index is 13.8. The van der Waals surface area contributed by atoms with Crippen LogP contribution in [-0.4, -0.2) is 31.6 Å². The van der Waals surface area contributed by atoms with Crippen LogP contribution >= 0.6 is 0 Å². The minimum absolute atomic E-state index is 0.269. The van der Waals surface area contributed by atoms with Gasteiger partial charge in [0, 0.05) is 12.6 Å². The molecule has 5 nitrogen and oxygen atoms in total. The Hall–Kier alpha value is -2.96. The molecule has 0 radical (unpaired) electrons. The number of hydrogen-bond acceptors (Lipinski definition) is 4. The summed E-state index contributed by atoms with van der Waals surface area (Å²) in [6.07, 6.45) is -0.586. The normalized spacial score (nSPS) is 11.5.